The van der Waals surface area contributed by atoms with Crippen LogP contribution in [0.15, 0.2) is 107 Å². The van der Waals surface area contributed by atoms with E-state index in [0.29, 0.717) is 23.6 Å². The largest absolute Gasteiger partial charge is 1.00 e. The third-order valence-electron chi connectivity index (χ3n) is 11.4. The number of carbonyl (C=O) groups is 3. The van der Waals surface area contributed by atoms with Gasteiger partial charge in [0.15, 0.2) is 5.71 Å². The number of imide groups is 1. The number of hydrogen-bond donors (Lipinski definition) is 2. The summed E-state index contributed by atoms with van der Waals surface area (Å²) in [6, 6.07) is 10.5. The number of sulfonamides is 1. The quantitative estimate of drug-likeness (QED) is 0.0156. The van der Waals surface area contributed by atoms with E-state index >= 15 is 0 Å². The molecule has 0 bridgehead atoms. The third kappa shape index (κ3) is 14.8. The molecule has 2 N–H and O–H groups in total. The van der Waals surface area contributed by atoms with Crippen LogP contribution < -0.4 is 66.9 Å². The summed E-state index contributed by atoms with van der Waals surface area (Å²) in [4.78, 5) is 39.8. The van der Waals surface area contributed by atoms with Gasteiger partial charge in [-0.3, -0.25) is 24.3 Å². The van der Waals surface area contributed by atoms with Gasteiger partial charge >= 0.3 is 51.4 Å². The maximum absolute atomic E-state index is 13.8. The second-order valence-corrected chi connectivity index (χ2v) is 21.7. The summed E-state index contributed by atoms with van der Waals surface area (Å²) in [6.07, 6.45) is 16.5. The maximum atomic E-state index is 13.8. The summed E-state index contributed by atoms with van der Waals surface area (Å²) in [7, 11) is -6.92. The van der Waals surface area contributed by atoms with Crippen molar-refractivity contribution in [3.8, 4) is 0 Å². The average molecular weight is 1040 g/mol. The number of allylic oxidation sites excluding steroid dienone is 8. The van der Waals surface area contributed by atoms with Gasteiger partial charge in [0.05, 0.1) is 32.5 Å². The van der Waals surface area contributed by atoms with E-state index in [9.17, 15) is 41.0 Å². The maximum Gasteiger partial charge on any atom is 1.00 e. The van der Waals surface area contributed by atoms with Gasteiger partial charge in [-0.2, -0.15) is 8.91 Å². The minimum absolute atomic E-state index is 0. The molecular formula is C44H54KN5O14S4. The van der Waals surface area contributed by atoms with Gasteiger partial charge < -0.3 is 20.0 Å². The molecule has 0 spiro atoms. The standard InChI is InChI=1S/C44H55N5O14S4.K/c1-43(2)34-30-32(65-63-61-54)17-19-36(34)48(26-13-29-66(55,56)57)38(43)14-9-7-6-8-10-15-39-44(3,4)35-31-33(18-20-37(35)47(39)25-12-28-64-62-60-53)67(58,59)46(5)24-11-16-40(50)45-23-27-49-41(51)21-22-42(49)52;/h6-10,14-15,17-22,30-31H,11-13,16,23-29H2,1-5H3,(H3-,45,50,53,54,55,56,57);/q;+1/p-1. The summed E-state index contributed by atoms with van der Waals surface area (Å²) in [5.41, 5.74) is 3.90. The topological polar surface area (TPSA) is 248 Å². The fraction of sp³-hybridized carbons (Fsp3) is 0.409. The van der Waals surface area contributed by atoms with Crippen molar-refractivity contribution >= 4 is 79.0 Å². The zero-order valence-electron chi connectivity index (χ0n) is 38.6. The van der Waals surface area contributed by atoms with E-state index in [1.54, 1.807) is 24.3 Å². The average Bonchev–Trinajstić information content (AvgIpc) is 3.79. The molecule has 0 atom stereocenters. The first-order valence-electron chi connectivity index (χ1n) is 21.1. The normalized spacial score (nSPS) is 17.2. The first-order valence-corrected chi connectivity index (χ1v) is 25.8. The molecule has 5 rings (SSSR count). The van der Waals surface area contributed by atoms with Gasteiger partial charge in [-0.05, 0) is 68.7 Å². The smallest absolute Gasteiger partial charge is 0.748 e. The van der Waals surface area contributed by atoms with Crippen molar-refractivity contribution in [1.29, 1.82) is 0 Å². The Morgan fingerprint density at radius 2 is 1.60 bits per heavy atom. The van der Waals surface area contributed by atoms with E-state index in [-0.39, 0.29) is 108 Å². The van der Waals surface area contributed by atoms with Crippen LogP contribution in [0, 0.1) is 0 Å². The van der Waals surface area contributed by atoms with Gasteiger partial charge in [0.25, 0.3) is 11.8 Å². The van der Waals surface area contributed by atoms with E-state index < -0.39 is 48.5 Å². The zero-order valence-corrected chi connectivity index (χ0v) is 45.0. The molecule has 2 aromatic rings. The molecule has 3 aliphatic rings. The van der Waals surface area contributed by atoms with Gasteiger partial charge in [-0.25, -0.2) is 26.4 Å². The fourth-order valence-corrected chi connectivity index (χ4v) is 10.6. The molecule has 0 fully saturated rings. The molecule has 0 aromatic heterocycles. The number of amides is 3. The Hall–Kier alpha value is -2.86. The van der Waals surface area contributed by atoms with Crippen LogP contribution in [-0.4, -0.2) is 115 Å². The van der Waals surface area contributed by atoms with Gasteiger partial charge in [0.2, 0.25) is 21.6 Å². The van der Waals surface area contributed by atoms with Crippen LogP contribution in [0.1, 0.15) is 64.5 Å². The minimum Gasteiger partial charge on any atom is -0.748 e. The summed E-state index contributed by atoms with van der Waals surface area (Å²) < 4.78 is 74.2. The Bertz CT molecular complexity index is 2560. The van der Waals surface area contributed by atoms with Crippen LogP contribution in [0.4, 0.5) is 11.4 Å². The van der Waals surface area contributed by atoms with Crippen molar-refractivity contribution in [3.63, 3.8) is 0 Å². The van der Waals surface area contributed by atoms with Crippen molar-refractivity contribution in [2.24, 2.45) is 0 Å². The van der Waals surface area contributed by atoms with Crippen LogP contribution in [0.3, 0.4) is 0 Å². The molecule has 0 saturated carbocycles. The predicted molar refractivity (Wildman–Crippen MR) is 249 cm³/mol. The van der Waals surface area contributed by atoms with Gasteiger partial charge in [-0.15, -0.1) is 4.33 Å². The van der Waals surface area contributed by atoms with E-state index in [2.05, 4.69) is 29.0 Å². The second kappa shape index (κ2) is 26.0. The minimum atomic E-state index is -4.41. The molecule has 2 aromatic carbocycles. The van der Waals surface area contributed by atoms with Crippen molar-refractivity contribution in [1.82, 2.24) is 14.5 Å². The Morgan fingerprint density at radius 3 is 2.29 bits per heavy atom. The first kappa shape index (κ1) is 57.7. The Morgan fingerprint density at radius 1 is 0.897 bits per heavy atom. The number of benzene rings is 2. The first-order chi connectivity index (χ1) is 31.7. The van der Waals surface area contributed by atoms with E-state index in [4.69, 9.17) is 5.26 Å². The molecule has 3 amide bonds. The molecule has 364 valence electrons. The SMILES string of the molecule is CN(CCCC(=O)NCCN1C(=O)C=CC1=O)S(=O)(=O)c1ccc2c(c1)C(C)(C)\C(=C/C=C/C=C/C=C/C1=[N+](CCCS(=O)(=O)[O-])c3ccc(SOO[O-])cc3C1(C)C)N2CCCSOOO.[K+]. The molecule has 3 heterocycles. The molecule has 24 heteroatoms. The van der Waals surface area contributed by atoms with Crippen LogP contribution in [0.5, 0.6) is 0 Å². The number of nitrogens with one attached hydrogen (secondary N) is 1. The monoisotopic (exact) mass is 1040 g/mol. The molecule has 0 unspecified atom stereocenters. The van der Waals surface area contributed by atoms with Crippen molar-refractivity contribution in [2.75, 3.05) is 56.2 Å². The summed E-state index contributed by atoms with van der Waals surface area (Å²) >= 11 is 1.70. The van der Waals surface area contributed by atoms with Crippen LogP contribution in [0.25, 0.3) is 0 Å². The van der Waals surface area contributed by atoms with E-state index in [0.717, 1.165) is 62.9 Å². The number of fused-ring (bicyclic) bond motifs is 2. The molecule has 0 saturated heterocycles. The van der Waals surface area contributed by atoms with E-state index in [1.165, 1.54) is 23.5 Å². The fourth-order valence-electron chi connectivity index (χ4n) is 8.09. The zero-order chi connectivity index (χ0) is 49.0. The summed E-state index contributed by atoms with van der Waals surface area (Å²) in [5.74, 6) is -1.24. The number of rotatable bonds is 26. The Labute approximate surface area is 448 Å². The van der Waals surface area contributed by atoms with Crippen molar-refractivity contribution < 1.29 is 121 Å². The Balaban J connectivity index is 0.0000101. The molecule has 3 aliphatic heterocycles. The summed E-state index contributed by atoms with van der Waals surface area (Å²) in [5, 5.41) is 28.9. The van der Waals surface area contributed by atoms with Gasteiger partial charge in [-0.1, -0.05) is 49.3 Å². The van der Waals surface area contributed by atoms with Crippen LogP contribution >= 0.6 is 24.1 Å². The molecule has 19 nitrogen and oxygen atoms in total. The third-order valence-corrected chi connectivity index (χ3v) is 15.3. The second-order valence-electron chi connectivity index (χ2n) is 16.6. The predicted octanol–water partition coefficient (Wildman–Crippen LogP) is 1.48. The van der Waals surface area contributed by atoms with E-state index in [1.807, 2.05) is 86.9 Å². The van der Waals surface area contributed by atoms with Crippen molar-refractivity contribution in [2.45, 2.75) is 74.0 Å². The summed E-state index contributed by atoms with van der Waals surface area (Å²) in [6.45, 7) is 9.04. The number of nitrogens with zero attached hydrogens (tertiary/aromatic N) is 4. The molecule has 0 aliphatic carbocycles. The molecule has 68 heavy (non-hydrogen) atoms. The van der Waals surface area contributed by atoms with Crippen LogP contribution in [0.2, 0.25) is 0 Å². The number of carbonyl (C=O) groups excluding carboxylic acids is 3. The Kier molecular flexibility index (Phi) is 22.1. The number of hydrogen-bond acceptors (Lipinski definition) is 17. The van der Waals surface area contributed by atoms with Gasteiger partial charge in [0.1, 0.15) is 6.54 Å². The van der Waals surface area contributed by atoms with Crippen molar-refractivity contribution in [3.05, 3.63) is 108 Å². The van der Waals surface area contributed by atoms with Crippen LogP contribution in [-0.2, 0) is 64.1 Å². The molecular weight excluding hydrogens is 990 g/mol. The number of anilines is 1. The van der Waals surface area contributed by atoms with Gasteiger partial charge in [0, 0.05) is 121 Å². The molecule has 0 radical (unpaired) electrons.